The Morgan fingerprint density at radius 2 is 2.17 bits per heavy atom. The molecule has 0 spiro atoms. The van der Waals surface area contributed by atoms with Crippen molar-refractivity contribution in [2.24, 2.45) is 5.73 Å². The molecule has 0 saturated carbocycles. The molecule has 2 rings (SSSR count). The molecule has 0 unspecified atom stereocenters. The Bertz CT molecular complexity index is 551. The smallest absolute Gasteiger partial charge is 0.122 e. The minimum Gasteiger partial charge on any atom is -0.388 e. The predicted molar refractivity (Wildman–Crippen MR) is 76.4 cm³/mol. The summed E-state index contributed by atoms with van der Waals surface area (Å²) < 4.78 is 0. The number of rotatable bonds is 4. The lowest BCUT2D eigenvalue weighted by Gasteiger charge is -2.08. The van der Waals surface area contributed by atoms with Crippen molar-refractivity contribution < 1.29 is 0 Å². The highest BCUT2D eigenvalue weighted by molar-refractivity contribution is 7.80. The summed E-state index contributed by atoms with van der Waals surface area (Å²) in [5, 5.41) is 3.26. The number of nitrogens with zero attached hydrogens (tertiary/aromatic N) is 2. The minimum absolute atomic E-state index is 0.308. The van der Waals surface area contributed by atoms with Crippen molar-refractivity contribution in [3.05, 3.63) is 53.6 Å². The molecule has 18 heavy (non-hydrogen) atoms. The summed E-state index contributed by atoms with van der Waals surface area (Å²) >= 11 is 4.85. The first kappa shape index (κ1) is 12.4. The molecule has 0 aliphatic heterocycles. The van der Waals surface area contributed by atoms with Crippen LogP contribution in [0.25, 0.3) is 0 Å². The average molecular weight is 258 g/mol. The zero-order valence-corrected chi connectivity index (χ0v) is 10.9. The van der Waals surface area contributed by atoms with Crippen LogP contribution in [0.5, 0.6) is 0 Å². The van der Waals surface area contributed by atoms with Gasteiger partial charge < -0.3 is 11.1 Å². The lowest BCUT2D eigenvalue weighted by molar-refractivity contribution is 1.01. The lowest BCUT2D eigenvalue weighted by Crippen LogP contribution is -2.11. The van der Waals surface area contributed by atoms with Gasteiger partial charge in [0, 0.05) is 6.20 Å². The second-order valence-corrected chi connectivity index (χ2v) is 4.36. The number of nitrogens with two attached hydrogens (primary N) is 1. The molecule has 0 aliphatic rings. The third kappa shape index (κ3) is 3.01. The maximum absolute atomic E-state index is 5.49. The molecule has 0 radical (unpaired) electrons. The van der Waals surface area contributed by atoms with Crippen molar-refractivity contribution >= 4 is 22.9 Å². The van der Waals surface area contributed by atoms with Crippen LogP contribution < -0.4 is 11.1 Å². The first-order valence-electron chi connectivity index (χ1n) is 5.57. The fraction of sp³-hybridized carbons (Fsp3) is 0.154. The van der Waals surface area contributed by atoms with Crippen molar-refractivity contribution in [3.8, 4) is 0 Å². The van der Waals surface area contributed by atoms with E-state index >= 15 is 0 Å². The molecule has 0 aromatic carbocycles. The van der Waals surface area contributed by atoms with E-state index in [1.54, 1.807) is 18.5 Å². The van der Waals surface area contributed by atoms with Crippen LogP contribution >= 0.6 is 12.2 Å². The van der Waals surface area contributed by atoms with Gasteiger partial charge in [0.1, 0.15) is 4.99 Å². The highest BCUT2D eigenvalue weighted by atomic mass is 32.1. The summed E-state index contributed by atoms with van der Waals surface area (Å²) in [6.45, 7) is 2.71. The number of hydrogen-bond acceptors (Lipinski definition) is 4. The van der Waals surface area contributed by atoms with Crippen molar-refractivity contribution in [1.82, 2.24) is 9.97 Å². The maximum Gasteiger partial charge on any atom is 0.122 e. The number of aromatic nitrogens is 2. The predicted octanol–water partition coefficient (Wildman–Crippen LogP) is 2.03. The number of aryl methyl sites for hydroxylation is 1. The van der Waals surface area contributed by atoms with Gasteiger partial charge in [-0.3, -0.25) is 9.97 Å². The van der Waals surface area contributed by atoms with E-state index < -0.39 is 0 Å². The fourth-order valence-electron chi connectivity index (χ4n) is 1.53. The average Bonchev–Trinajstić information content (AvgIpc) is 2.38. The molecule has 2 heterocycles. The Hall–Kier alpha value is -2.01. The molecule has 4 nitrogen and oxygen atoms in total. The lowest BCUT2D eigenvalue weighted by atomic mass is 10.2. The van der Waals surface area contributed by atoms with Crippen LogP contribution in [0.4, 0.5) is 5.69 Å². The highest BCUT2D eigenvalue weighted by Gasteiger charge is 2.00. The van der Waals surface area contributed by atoms with Crippen molar-refractivity contribution in [1.29, 1.82) is 0 Å². The zero-order valence-electron chi connectivity index (χ0n) is 10.1. The molecule has 0 fully saturated rings. The maximum atomic E-state index is 5.49. The second-order valence-electron chi connectivity index (χ2n) is 3.92. The van der Waals surface area contributed by atoms with Crippen molar-refractivity contribution in [2.45, 2.75) is 13.5 Å². The SMILES string of the molecule is Cc1cccnc1CNc1ccc(C(N)=S)nc1. The van der Waals surface area contributed by atoms with Crippen LogP contribution in [0.15, 0.2) is 36.7 Å². The summed E-state index contributed by atoms with van der Waals surface area (Å²) in [5.41, 5.74) is 9.22. The van der Waals surface area contributed by atoms with Crippen LogP contribution in [0, 0.1) is 6.92 Å². The van der Waals surface area contributed by atoms with Crippen LogP contribution in [0.2, 0.25) is 0 Å². The number of nitrogens with one attached hydrogen (secondary N) is 1. The Morgan fingerprint density at radius 3 is 2.78 bits per heavy atom. The van der Waals surface area contributed by atoms with E-state index in [-0.39, 0.29) is 0 Å². The molecule has 0 amide bonds. The first-order valence-corrected chi connectivity index (χ1v) is 5.98. The van der Waals surface area contributed by atoms with Gasteiger partial charge in [0.2, 0.25) is 0 Å². The van der Waals surface area contributed by atoms with Crippen molar-refractivity contribution in [3.63, 3.8) is 0 Å². The Balaban J connectivity index is 2.02. The van der Waals surface area contributed by atoms with E-state index in [1.165, 1.54) is 0 Å². The fourth-order valence-corrected chi connectivity index (χ4v) is 1.65. The van der Waals surface area contributed by atoms with Crippen LogP contribution in [-0.4, -0.2) is 15.0 Å². The summed E-state index contributed by atoms with van der Waals surface area (Å²) in [5.74, 6) is 0. The third-order valence-electron chi connectivity index (χ3n) is 2.59. The van der Waals surface area contributed by atoms with Gasteiger partial charge in [-0.05, 0) is 30.7 Å². The van der Waals surface area contributed by atoms with Gasteiger partial charge in [0.25, 0.3) is 0 Å². The van der Waals surface area contributed by atoms with Crippen LogP contribution in [0.3, 0.4) is 0 Å². The Kier molecular flexibility index (Phi) is 3.84. The number of hydrogen-bond donors (Lipinski definition) is 2. The van der Waals surface area contributed by atoms with Crippen molar-refractivity contribution in [2.75, 3.05) is 5.32 Å². The van der Waals surface area contributed by atoms with E-state index in [4.69, 9.17) is 18.0 Å². The molecule has 0 bridgehead atoms. The summed E-state index contributed by atoms with van der Waals surface area (Å²) in [6.07, 6.45) is 3.50. The Morgan fingerprint density at radius 1 is 1.33 bits per heavy atom. The first-order chi connectivity index (χ1) is 8.66. The van der Waals surface area contributed by atoms with E-state index in [2.05, 4.69) is 15.3 Å². The summed E-state index contributed by atoms with van der Waals surface area (Å²) in [6, 6.07) is 7.67. The molecule has 0 saturated heterocycles. The summed E-state index contributed by atoms with van der Waals surface area (Å²) in [4.78, 5) is 8.79. The van der Waals surface area contributed by atoms with Gasteiger partial charge in [-0.1, -0.05) is 18.3 Å². The van der Waals surface area contributed by atoms with Gasteiger partial charge in [-0.15, -0.1) is 0 Å². The Labute approximate surface area is 111 Å². The van der Waals surface area contributed by atoms with Gasteiger partial charge in [0.15, 0.2) is 0 Å². The molecule has 92 valence electrons. The summed E-state index contributed by atoms with van der Waals surface area (Å²) in [7, 11) is 0. The van der Waals surface area contributed by atoms with E-state index in [1.807, 2.05) is 25.1 Å². The largest absolute Gasteiger partial charge is 0.388 e. The molecule has 0 atom stereocenters. The topological polar surface area (TPSA) is 63.8 Å². The molecule has 2 aromatic rings. The number of pyridine rings is 2. The van der Waals surface area contributed by atoms with E-state index in [9.17, 15) is 0 Å². The number of thiocarbonyl (C=S) groups is 1. The van der Waals surface area contributed by atoms with Crippen LogP contribution in [0.1, 0.15) is 17.0 Å². The van der Waals surface area contributed by atoms with E-state index in [0.717, 1.165) is 16.9 Å². The zero-order chi connectivity index (χ0) is 13.0. The molecular weight excluding hydrogens is 244 g/mol. The normalized spacial score (nSPS) is 10.1. The number of anilines is 1. The van der Waals surface area contributed by atoms with Gasteiger partial charge in [-0.2, -0.15) is 0 Å². The highest BCUT2D eigenvalue weighted by Crippen LogP contribution is 2.09. The third-order valence-corrected chi connectivity index (χ3v) is 2.80. The molecular formula is C13H14N4S. The quantitative estimate of drug-likeness (QED) is 0.822. The van der Waals surface area contributed by atoms with Gasteiger partial charge in [-0.25, -0.2) is 0 Å². The molecule has 2 aromatic heterocycles. The second kappa shape index (κ2) is 5.55. The minimum atomic E-state index is 0.308. The molecule has 5 heteroatoms. The van der Waals surface area contributed by atoms with Gasteiger partial charge >= 0.3 is 0 Å². The molecule has 3 N–H and O–H groups in total. The molecule has 0 aliphatic carbocycles. The monoisotopic (exact) mass is 258 g/mol. The van der Waals surface area contributed by atoms with E-state index in [0.29, 0.717) is 17.2 Å². The standard InChI is InChI=1S/C13H14N4S/c1-9-3-2-6-15-12(9)8-16-10-4-5-11(13(14)18)17-7-10/h2-7,16H,8H2,1H3,(H2,14,18). The van der Waals surface area contributed by atoms with Gasteiger partial charge in [0.05, 0.1) is 29.8 Å². The van der Waals surface area contributed by atoms with Crippen LogP contribution in [-0.2, 0) is 6.54 Å².